The van der Waals surface area contributed by atoms with Crippen molar-refractivity contribution < 1.29 is 9.63 Å². The van der Waals surface area contributed by atoms with Gasteiger partial charge in [0.05, 0.1) is 0 Å². The van der Waals surface area contributed by atoms with E-state index in [4.69, 9.17) is 4.84 Å². The van der Waals surface area contributed by atoms with Crippen LogP contribution in [0.25, 0.3) is 11.0 Å². The summed E-state index contributed by atoms with van der Waals surface area (Å²) in [7, 11) is 0. The average molecular weight is 217 g/mol. The minimum Gasteiger partial charge on any atom is -0.312 e. The van der Waals surface area contributed by atoms with E-state index in [1.54, 1.807) is 12.1 Å². The van der Waals surface area contributed by atoms with Crippen LogP contribution in [0, 0.1) is 0 Å². The molecule has 1 aromatic carbocycles. The molecule has 0 fully saturated rings. The summed E-state index contributed by atoms with van der Waals surface area (Å²) in [5.41, 5.74) is 2.22. The van der Waals surface area contributed by atoms with Crippen molar-refractivity contribution in [3.63, 3.8) is 0 Å². The molecule has 82 valence electrons. The largest absolute Gasteiger partial charge is 0.358 e. The van der Waals surface area contributed by atoms with Gasteiger partial charge in [-0.15, -0.1) is 5.10 Å². The zero-order valence-electron chi connectivity index (χ0n) is 9.04. The highest BCUT2D eigenvalue weighted by Gasteiger charge is 2.07. The third-order valence-electron chi connectivity index (χ3n) is 1.90. The molecule has 0 N–H and O–H groups in total. The Morgan fingerprint density at radius 2 is 2.12 bits per heavy atom. The lowest BCUT2D eigenvalue weighted by Crippen LogP contribution is -2.19. The topological polar surface area (TPSA) is 57.0 Å². The molecule has 0 aliphatic carbocycles. The summed E-state index contributed by atoms with van der Waals surface area (Å²) in [6.45, 7) is 3.64. The molecule has 16 heavy (non-hydrogen) atoms. The van der Waals surface area contributed by atoms with Crippen molar-refractivity contribution in [1.29, 1.82) is 0 Å². The fraction of sp³-hybridized carbons (Fsp3) is 0.182. The van der Waals surface area contributed by atoms with Gasteiger partial charge in [-0.2, -0.15) is 0 Å². The van der Waals surface area contributed by atoms with Gasteiger partial charge >= 0.3 is 5.97 Å². The molecule has 5 heteroatoms. The fourth-order valence-electron chi connectivity index (χ4n) is 1.26. The van der Waals surface area contributed by atoms with Gasteiger partial charge in [0.15, 0.2) is 0 Å². The molecule has 0 saturated carbocycles. The molecule has 2 aromatic rings. The van der Waals surface area contributed by atoms with Gasteiger partial charge in [0.2, 0.25) is 0 Å². The maximum absolute atomic E-state index is 11.4. The third-order valence-corrected chi connectivity index (χ3v) is 1.90. The summed E-state index contributed by atoms with van der Waals surface area (Å²) in [6.07, 6.45) is 1.40. The Labute approximate surface area is 92.3 Å². The van der Waals surface area contributed by atoms with E-state index in [-0.39, 0.29) is 0 Å². The van der Waals surface area contributed by atoms with Gasteiger partial charge < -0.3 is 4.84 Å². The third kappa shape index (κ3) is 2.08. The highest BCUT2D eigenvalue weighted by molar-refractivity contribution is 5.83. The monoisotopic (exact) mass is 217 g/mol. The summed E-state index contributed by atoms with van der Waals surface area (Å²) in [5, 5.41) is 7.60. The number of benzene rings is 1. The lowest BCUT2D eigenvalue weighted by Gasteiger charge is -1.99. The van der Waals surface area contributed by atoms with Crippen molar-refractivity contribution >= 4 is 17.0 Å². The quantitative estimate of drug-likeness (QED) is 0.563. The van der Waals surface area contributed by atoms with Crippen LogP contribution in [0.1, 0.15) is 13.8 Å². The first-order chi connectivity index (χ1) is 7.66. The van der Waals surface area contributed by atoms with Crippen molar-refractivity contribution in [2.75, 3.05) is 0 Å². The normalized spacial score (nSPS) is 10.1. The van der Waals surface area contributed by atoms with Gasteiger partial charge in [-0.25, -0.2) is 4.79 Å². The zero-order chi connectivity index (χ0) is 11.5. The predicted octanol–water partition coefficient (Wildman–Crippen LogP) is 1.35. The molecule has 0 radical (unpaired) electrons. The molecule has 5 nitrogen and oxygen atoms in total. The first-order valence-corrected chi connectivity index (χ1v) is 4.84. The van der Waals surface area contributed by atoms with E-state index in [9.17, 15) is 4.79 Å². The first-order valence-electron chi connectivity index (χ1n) is 4.84. The standard InChI is InChI=1S/C11H11N3O2/c1-8(2)7-11(15)16-14-10-6-4-3-5-9(10)12-13-14/h3-7H,1-2H3. The van der Waals surface area contributed by atoms with Crippen molar-refractivity contribution in [1.82, 2.24) is 15.2 Å². The summed E-state index contributed by atoms with van der Waals surface area (Å²) in [4.78, 5) is 17.5. The number of aromatic nitrogens is 3. The molecule has 0 unspecified atom stereocenters. The molecule has 1 aromatic heterocycles. The van der Waals surface area contributed by atoms with Crippen molar-refractivity contribution in [2.45, 2.75) is 13.8 Å². The van der Waals surface area contributed by atoms with Gasteiger partial charge in [-0.05, 0) is 31.2 Å². The number of fused-ring (bicyclic) bond motifs is 1. The Morgan fingerprint density at radius 1 is 1.38 bits per heavy atom. The number of rotatable bonds is 2. The van der Waals surface area contributed by atoms with Gasteiger partial charge in [-0.3, -0.25) is 0 Å². The number of nitrogens with zero attached hydrogens (tertiary/aromatic N) is 3. The second kappa shape index (κ2) is 4.14. The van der Waals surface area contributed by atoms with Crippen LogP contribution in [0.5, 0.6) is 0 Å². The van der Waals surface area contributed by atoms with Crippen LogP contribution in [-0.4, -0.2) is 21.1 Å². The molecule has 0 saturated heterocycles. The highest BCUT2D eigenvalue weighted by atomic mass is 16.7. The number of carbonyl (C=O) groups excluding carboxylic acids is 1. The van der Waals surface area contributed by atoms with Crippen LogP contribution in [0.2, 0.25) is 0 Å². The molecule has 2 rings (SSSR count). The number of hydrogen-bond donors (Lipinski definition) is 0. The van der Waals surface area contributed by atoms with Crippen LogP contribution >= 0.6 is 0 Å². The molecule has 0 aliphatic rings. The molecular weight excluding hydrogens is 206 g/mol. The van der Waals surface area contributed by atoms with E-state index in [1.165, 1.54) is 6.08 Å². The van der Waals surface area contributed by atoms with Gasteiger partial charge in [0, 0.05) is 6.08 Å². The lowest BCUT2D eigenvalue weighted by molar-refractivity contribution is -0.139. The summed E-state index contributed by atoms with van der Waals surface area (Å²) in [6, 6.07) is 7.26. The van der Waals surface area contributed by atoms with Gasteiger partial charge in [0.25, 0.3) is 0 Å². The Morgan fingerprint density at radius 3 is 2.88 bits per heavy atom. The van der Waals surface area contributed by atoms with E-state index in [1.807, 2.05) is 26.0 Å². The summed E-state index contributed by atoms with van der Waals surface area (Å²) >= 11 is 0. The zero-order valence-corrected chi connectivity index (χ0v) is 9.04. The van der Waals surface area contributed by atoms with Crippen LogP contribution in [-0.2, 0) is 4.79 Å². The Hall–Kier alpha value is -2.17. The lowest BCUT2D eigenvalue weighted by atomic mass is 10.3. The second-order valence-corrected chi connectivity index (χ2v) is 3.58. The fourth-order valence-corrected chi connectivity index (χ4v) is 1.26. The Balaban J connectivity index is 2.28. The molecule has 0 atom stereocenters. The molecule has 1 heterocycles. The maximum atomic E-state index is 11.4. The van der Waals surface area contributed by atoms with E-state index in [0.717, 1.165) is 10.4 Å². The van der Waals surface area contributed by atoms with Crippen molar-refractivity contribution in [2.24, 2.45) is 0 Å². The smallest absolute Gasteiger partial charge is 0.312 e. The number of para-hydroxylation sites is 1. The average Bonchev–Trinajstić information content (AvgIpc) is 2.61. The van der Waals surface area contributed by atoms with E-state index >= 15 is 0 Å². The minimum atomic E-state index is -0.462. The highest BCUT2D eigenvalue weighted by Crippen LogP contribution is 2.08. The molecule has 0 bridgehead atoms. The Bertz CT molecular complexity index is 553. The molecule has 0 amide bonds. The second-order valence-electron chi connectivity index (χ2n) is 3.58. The van der Waals surface area contributed by atoms with Crippen molar-refractivity contribution in [3.05, 3.63) is 35.9 Å². The molecule has 0 aliphatic heterocycles. The number of carbonyl (C=O) groups is 1. The maximum Gasteiger partial charge on any atom is 0.358 e. The first kappa shape index (κ1) is 10.4. The van der Waals surface area contributed by atoms with Gasteiger partial charge in [0.1, 0.15) is 11.0 Å². The number of allylic oxidation sites excluding steroid dienone is 1. The van der Waals surface area contributed by atoms with Crippen LogP contribution < -0.4 is 4.84 Å². The van der Waals surface area contributed by atoms with E-state index in [0.29, 0.717) is 11.0 Å². The van der Waals surface area contributed by atoms with Crippen LogP contribution in [0.15, 0.2) is 35.9 Å². The Kier molecular flexibility index (Phi) is 2.68. The summed E-state index contributed by atoms with van der Waals surface area (Å²) in [5.74, 6) is -0.462. The number of hydrogen-bond acceptors (Lipinski definition) is 4. The summed E-state index contributed by atoms with van der Waals surface area (Å²) < 4.78 is 0. The predicted molar refractivity (Wildman–Crippen MR) is 58.5 cm³/mol. The van der Waals surface area contributed by atoms with Crippen LogP contribution in [0.3, 0.4) is 0 Å². The van der Waals surface area contributed by atoms with Crippen LogP contribution in [0.4, 0.5) is 0 Å². The van der Waals surface area contributed by atoms with E-state index in [2.05, 4.69) is 10.3 Å². The van der Waals surface area contributed by atoms with Gasteiger partial charge in [-0.1, -0.05) is 22.6 Å². The SMILES string of the molecule is CC(C)=CC(=O)On1nnc2ccccc21. The van der Waals surface area contributed by atoms with Crippen molar-refractivity contribution in [3.8, 4) is 0 Å². The van der Waals surface area contributed by atoms with E-state index < -0.39 is 5.97 Å². The molecule has 0 spiro atoms. The minimum absolute atomic E-state index is 0.462. The molecular formula is C11H11N3O2.